The maximum atomic E-state index is 12.0. The molecule has 1 heterocycles. The number of carboxylic acids is 1. The van der Waals surface area contributed by atoms with E-state index in [9.17, 15) is 9.59 Å². The third kappa shape index (κ3) is 5.38. The van der Waals surface area contributed by atoms with Crippen molar-refractivity contribution in [1.29, 1.82) is 0 Å². The van der Waals surface area contributed by atoms with E-state index in [0.29, 0.717) is 0 Å². The summed E-state index contributed by atoms with van der Waals surface area (Å²) >= 11 is 0. The SMILES string of the molecule is CC(CCC(C)(C)C)NC(=O)c1cc(C(=O)O)ccn1. The van der Waals surface area contributed by atoms with Crippen molar-refractivity contribution < 1.29 is 14.7 Å². The van der Waals surface area contributed by atoms with Crippen molar-refractivity contribution in [3.05, 3.63) is 29.6 Å². The molecule has 1 rings (SSSR count). The summed E-state index contributed by atoms with van der Waals surface area (Å²) in [5.41, 5.74) is 0.417. The average molecular weight is 278 g/mol. The Labute approximate surface area is 119 Å². The highest BCUT2D eigenvalue weighted by Gasteiger charge is 2.16. The maximum absolute atomic E-state index is 12.0. The molecular weight excluding hydrogens is 256 g/mol. The van der Waals surface area contributed by atoms with E-state index in [1.807, 2.05) is 6.92 Å². The normalized spacial score (nSPS) is 12.8. The third-order valence-corrected chi connectivity index (χ3v) is 2.94. The van der Waals surface area contributed by atoms with Crippen LogP contribution in [0.25, 0.3) is 0 Å². The van der Waals surface area contributed by atoms with Gasteiger partial charge in [0.05, 0.1) is 5.56 Å². The van der Waals surface area contributed by atoms with Gasteiger partial charge >= 0.3 is 5.97 Å². The predicted octanol–water partition coefficient (Wildman–Crippen LogP) is 2.72. The highest BCUT2D eigenvalue weighted by Crippen LogP contribution is 2.21. The molecule has 0 aliphatic carbocycles. The number of pyridine rings is 1. The lowest BCUT2D eigenvalue weighted by molar-refractivity contribution is 0.0696. The van der Waals surface area contributed by atoms with Gasteiger partial charge in [0, 0.05) is 12.2 Å². The Bertz CT molecular complexity index is 492. The lowest BCUT2D eigenvalue weighted by atomic mass is 9.89. The van der Waals surface area contributed by atoms with Crippen LogP contribution in [0.1, 0.15) is 61.4 Å². The molecule has 0 aliphatic rings. The van der Waals surface area contributed by atoms with Crippen molar-refractivity contribution in [2.45, 2.75) is 46.6 Å². The fraction of sp³-hybridized carbons (Fsp3) is 0.533. The van der Waals surface area contributed by atoms with Gasteiger partial charge in [0.25, 0.3) is 5.91 Å². The zero-order valence-corrected chi connectivity index (χ0v) is 12.4. The van der Waals surface area contributed by atoms with E-state index in [0.717, 1.165) is 12.8 Å². The lowest BCUT2D eigenvalue weighted by Gasteiger charge is -2.21. The van der Waals surface area contributed by atoms with Gasteiger partial charge < -0.3 is 10.4 Å². The van der Waals surface area contributed by atoms with Crippen LogP contribution in [0.2, 0.25) is 0 Å². The second kappa shape index (κ2) is 6.50. The van der Waals surface area contributed by atoms with E-state index in [1.165, 1.54) is 18.3 Å². The predicted molar refractivity (Wildman–Crippen MR) is 76.8 cm³/mol. The van der Waals surface area contributed by atoms with Gasteiger partial charge in [0.2, 0.25) is 0 Å². The average Bonchev–Trinajstić information content (AvgIpc) is 2.35. The van der Waals surface area contributed by atoms with Gasteiger partial charge in [-0.2, -0.15) is 0 Å². The molecule has 0 bridgehead atoms. The monoisotopic (exact) mass is 278 g/mol. The molecule has 0 radical (unpaired) electrons. The zero-order chi connectivity index (χ0) is 15.3. The zero-order valence-electron chi connectivity index (χ0n) is 12.4. The minimum Gasteiger partial charge on any atom is -0.478 e. The van der Waals surface area contributed by atoms with E-state index < -0.39 is 5.97 Å². The number of carboxylic acid groups (broad SMARTS) is 1. The summed E-state index contributed by atoms with van der Waals surface area (Å²) in [6, 6.07) is 2.67. The molecule has 5 nitrogen and oxygen atoms in total. The number of aromatic nitrogens is 1. The summed E-state index contributed by atoms with van der Waals surface area (Å²) in [5.74, 6) is -1.41. The third-order valence-electron chi connectivity index (χ3n) is 2.94. The Hall–Kier alpha value is -1.91. The summed E-state index contributed by atoms with van der Waals surface area (Å²) in [7, 11) is 0. The standard InChI is InChI=1S/C15H22N2O3/c1-10(5-7-15(2,3)4)17-13(18)12-9-11(14(19)20)6-8-16-12/h6,8-10H,5,7H2,1-4H3,(H,17,18)(H,19,20). The molecule has 1 unspecified atom stereocenters. The molecule has 0 aromatic carbocycles. The first-order valence-corrected chi connectivity index (χ1v) is 6.69. The molecule has 20 heavy (non-hydrogen) atoms. The van der Waals surface area contributed by atoms with E-state index >= 15 is 0 Å². The number of rotatable bonds is 5. The Morgan fingerprint density at radius 1 is 1.40 bits per heavy atom. The Balaban J connectivity index is 2.62. The second-order valence-electron chi connectivity index (χ2n) is 6.21. The number of amides is 1. The van der Waals surface area contributed by atoms with Crippen molar-refractivity contribution in [1.82, 2.24) is 10.3 Å². The van der Waals surface area contributed by atoms with E-state index in [4.69, 9.17) is 5.11 Å². The van der Waals surface area contributed by atoms with Crippen LogP contribution in [0.3, 0.4) is 0 Å². The smallest absolute Gasteiger partial charge is 0.335 e. The molecule has 0 spiro atoms. The Kier molecular flexibility index (Phi) is 5.25. The molecule has 0 aliphatic heterocycles. The van der Waals surface area contributed by atoms with Gasteiger partial charge in [-0.15, -0.1) is 0 Å². The molecule has 2 N–H and O–H groups in total. The molecule has 110 valence electrons. The lowest BCUT2D eigenvalue weighted by Crippen LogP contribution is -2.33. The van der Waals surface area contributed by atoms with Crippen LogP contribution >= 0.6 is 0 Å². The largest absolute Gasteiger partial charge is 0.478 e. The maximum Gasteiger partial charge on any atom is 0.335 e. The van der Waals surface area contributed by atoms with Crippen molar-refractivity contribution >= 4 is 11.9 Å². The molecule has 1 atom stereocenters. The molecule has 0 saturated heterocycles. The number of hydrogen-bond donors (Lipinski definition) is 2. The first-order valence-electron chi connectivity index (χ1n) is 6.69. The minimum atomic E-state index is -1.07. The van der Waals surface area contributed by atoms with Crippen LogP contribution < -0.4 is 5.32 Å². The van der Waals surface area contributed by atoms with Crippen molar-refractivity contribution in [2.24, 2.45) is 5.41 Å². The van der Waals surface area contributed by atoms with Gasteiger partial charge in [-0.1, -0.05) is 20.8 Å². The summed E-state index contributed by atoms with van der Waals surface area (Å²) in [4.78, 5) is 26.7. The summed E-state index contributed by atoms with van der Waals surface area (Å²) in [6.07, 6.45) is 3.20. The van der Waals surface area contributed by atoms with E-state index in [2.05, 4.69) is 31.1 Å². The number of aromatic carboxylic acids is 1. The fourth-order valence-corrected chi connectivity index (χ4v) is 1.71. The van der Waals surface area contributed by atoms with Gasteiger partial charge in [-0.25, -0.2) is 4.79 Å². The Morgan fingerprint density at radius 2 is 2.05 bits per heavy atom. The molecule has 0 saturated carbocycles. The first-order chi connectivity index (χ1) is 9.19. The summed E-state index contributed by atoms with van der Waals surface area (Å²) in [6.45, 7) is 8.39. The second-order valence-corrected chi connectivity index (χ2v) is 6.21. The number of nitrogens with zero attached hydrogens (tertiary/aromatic N) is 1. The van der Waals surface area contributed by atoms with E-state index in [1.54, 1.807) is 0 Å². The number of carbonyl (C=O) groups excluding carboxylic acids is 1. The summed E-state index contributed by atoms with van der Waals surface area (Å²) in [5, 5.41) is 11.7. The van der Waals surface area contributed by atoms with Gasteiger partial charge in [-0.3, -0.25) is 9.78 Å². The molecule has 0 fully saturated rings. The summed E-state index contributed by atoms with van der Waals surface area (Å²) < 4.78 is 0. The van der Waals surface area contributed by atoms with Crippen LogP contribution in [0.4, 0.5) is 0 Å². The fourth-order valence-electron chi connectivity index (χ4n) is 1.71. The minimum absolute atomic E-state index is 0.0250. The van der Waals surface area contributed by atoms with Gasteiger partial charge in [-0.05, 0) is 37.3 Å². The van der Waals surface area contributed by atoms with Crippen LogP contribution in [0, 0.1) is 5.41 Å². The van der Waals surface area contributed by atoms with Gasteiger partial charge in [0.1, 0.15) is 5.69 Å². The van der Waals surface area contributed by atoms with E-state index in [-0.39, 0.29) is 28.6 Å². The van der Waals surface area contributed by atoms with Gasteiger partial charge in [0.15, 0.2) is 0 Å². The molecule has 5 heteroatoms. The molecule has 1 aromatic heterocycles. The molecule has 1 amide bonds. The van der Waals surface area contributed by atoms with Crippen LogP contribution in [0.15, 0.2) is 18.3 Å². The highest BCUT2D eigenvalue weighted by molar-refractivity contribution is 5.95. The number of carbonyl (C=O) groups is 2. The topological polar surface area (TPSA) is 79.3 Å². The number of nitrogens with one attached hydrogen (secondary N) is 1. The molecule has 1 aromatic rings. The van der Waals surface area contributed by atoms with Crippen molar-refractivity contribution in [3.8, 4) is 0 Å². The van der Waals surface area contributed by atoms with Crippen molar-refractivity contribution in [2.75, 3.05) is 0 Å². The first kappa shape index (κ1) is 16.1. The van der Waals surface area contributed by atoms with Crippen LogP contribution in [-0.4, -0.2) is 28.0 Å². The van der Waals surface area contributed by atoms with Crippen molar-refractivity contribution in [3.63, 3.8) is 0 Å². The quantitative estimate of drug-likeness (QED) is 0.868. The molecular formula is C15H22N2O3. The number of hydrogen-bond acceptors (Lipinski definition) is 3. The Morgan fingerprint density at radius 3 is 2.60 bits per heavy atom. The van der Waals surface area contributed by atoms with Crippen LogP contribution in [0.5, 0.6) is 0 Å². The highest BCUT2D eigenvalue weighted by atomic mass is 16.4. The van der Waals surface area contributed by atoms with Crippen LogP contribution in [-0.2, 0) is 0 Å².